The summed E-state index contributed by atoms with van der Waals surface area (Å²) in [6.45, 7) is 5.12. The van der Waals surface area contributed by atoms with Crippen molar-refractivity contribution in [2.24, 2.45) is 11.8 Å². The van der Waals surface area contributed by atoms with Gasteiger partial charge in [-0.3, -0.25) is 0 Å². The van der Waals surface area contributed by atoms with Crippen LogP contribution in [-0.2, 0) is 5.41 Å². The molecule has 2 saturated carbocycles. The van der Waals surface area contributed by atoms with Crippen molar-refractivity contribution in [1.82, 2.24) is 0 Å². The van der Waals surface area contributed by atoms with Crippen molar-refractivity contribution in [2.75, 3.05) is 9.80 Å². The molecule has 0 N–H and O–H groups in total. The van der Waals surface area contributed by atoms with Crippen LogP contribution in [0.3, 0.4) is 0 Å². The largest absolute Gasteiger partial charge is 0.311 e. The Morgan fingerprint density at radius 1 is 0.556 bits per heavy atom. The van der Waals surface area contributed by atoms with Crippen LogP contribution in [0, 0.1) is 11.8 Å². The third-order valence-corrected chi connectivity index (χ3v) is 16.8. The lowest BCUT2D eigenvalue weighted by Crippen LogP contribution is -2.43. The molecule has 0 spiro atoms. The maximum Gasteiger partial charge on any atom is 0.116 e. The van der Waals surface area contributed by atoms with Gasteiger partial charge in [-0.1, -0.05) is 128 Å². The van der Waals surface area contributed by atoms with E-state index >= 15 is 0 Å². The molecule has 1 heterocycles. The van der Waals surface area contributed by atoms with Crippen LogP contribution >= 0.6 is 0 Å². The highest BCUT2D eigenvalue weighted by molar-refractivity contribution is 7.00. The zero-order chi connectivity index (χ0) is 36.3. The normalized spacial score (nSPS) is 21.9. The molecule has 2 bridgehead atoms. The van der Waals surface area contributed by atoms with Gasteiger partial charge >= 0.3 is 0 Å². The zero-order valence-corrected chi connectivity index (χ0v) is 32.5. The average molecular weight is 717 g/mol. The van der Waals surface area contributed by atoms with Crippen LogP contribution in [0.4, 0.5) is 34.1 Å². The Bertz CT molecular complexity index is 2320. The highest BCUT2D eigenvalue weighted by Crippen LogP contribution is 2.60. The summed E-state index contributed by atoms with van der Waals surface area (Å²) in [5.41, 5.74) is 13.4. The lowest BCUT2D eigenvalue weighted by Gasteiger charge is -2.40. The van der Waals surface area contributed by atoms with Gasteiger partial charge in [0.25, 0.3) is 0 Å². The minimum atomic E-state index is -1.90. The Labute approximate surface area is 322 Å². The Balaban J connectivity index is 1.05. The molecule has 6 aromatic carbocycles. The number of fused-ring (bicyclic) bond motifs is 4. The average Bonchev–Trinajstić information content (AvgIpc) is 3.92. The summed E-state index contributed by atoms with van der Waals surface area (Å²) in [7, 11) is -1.90. The second kappa shape index (κ2) is 13.2. The van der Waals surface area contributed by atoms with Crippen LogP contribution < -0.4 is 15.0 Å². The van der Waals surface area contributed by atoms with E-state index < -0.39 is 8.07 Å². The van der Waals surface area contributed by atoms with Crippen molar-refractivity contribution in [3.63, 3.8) is 0 Å². The van der Waals surface area contributed by atoms with Gasteiger partial charge in [-0.2, -0.15) is 0 Å². The van der Waals surface area contributed by atoms with Crippen LogP contribution in [0.2, 0.25) is 13.1 Å². The fraction of sp³-hybridized carbons (Fsp3) is 0.216. The second-order valence-corrected chi connectivity index (χ2v) is 20.8. The summed E-state index contributed by atoms with van der Waals surface area (Å²) in [6.07, 6.45) is 12.4. The molecule has 3 atom stereocenters. The van der Waals surface area contributed by atoms with Crippen LogP contribution in [0.1, 0.15) is 55.2 Å². The minimum Gasteiger partial charge on any atom is -0.311 e. The van der Waals surface area contributed by atoms with E-state index in [0.29, 0.717) is 5.92 Å². The molecule has 2 nitrogen and oxygen atoms in total. The van der Waals surface area contributed by atoms with Crippen LogP contribution in [0.25, 0.3) is 5.57 Å². The third-order valence-electron chi connectivity index (χ3n) is 13.3. The standard InChI is InChI=1S/C51H48N2Si/c1-54(2)49-24-13-12-21-46(49)47-22-14-23-48(50(47)54)53(43-19-10-5-11-20-43)45-33-29-39(30-34-45)51(36-37-25-26-40(51)35-37)38-27-31-44(32-28-38)52(41-15-6-3-7-16-41)42-17-8-4-9-18-42/h3-11,13-20,22-24,27-34,37,40H,12,21,25-26,35-36H2,1-2H3. The summed E-state index contributed by atoms with van der Waals surface area (Å²) < 4.78 is 0. The molecule has 0 amide bonds. The SMILES string of the molecule is C[Si]1(C)C2=C(CCC=C2)c2cccc(N(c3ccccc3)c3ccc(C4(c5ccc(N(c6ccccc6)c6ccccc6)cc5)CC5CCC4C5)cc3)c21. The molecule has 6 aromatic rings. The summed E-state index contributed by atoms with van der Waals surface area (Å²) in [5.74, 6) is 1.46. The van der Waals surface area contributed by atoms with Crippen molar-refractivity contribution >= 4 is 53.0 Å². The van der Waals surface area contributed by atoms with Crippen molar-refractivity contribution in [3.05, 3.63) is 192 Å². The first-order valence-corrected chi connectivity index (χ1v) is 23.0. The summed E-state index contributed by atoms with van der Waals surface area (Å²) in [5, 5.41) is 3.21. The van der Waals surface area contributed by atoms with Gasteiger partial charge in [0, 0.05) is 39.5 Å². The molecular formula is C51H48N2Si. The van der Waals surface area contributed by atoms with E-state index in [-0.39, 0.29) is 5.41 Å². The maximum atomic E-state index is 2.56. The molecule has 54 heavy (non-hydrogen) atoms. The Hall–Kier alpha value is -5.38. The molecule has 3 unspecified atom stereocenters. The highest BCUT2D eigenvalue weighted by atomic mass is 28.3. The molecular weight excluding hydrogens is 669 g/mol. The van der Waals surface area contributed by atoms with Gasteiger partial charge in [0.15, 0.2) is 0 Å². The van der Waals surface area contributed by atoms with Gasteiger partial charge in [-0.15, -0.1) is 0 Å². The van der Waals surface area contributed by atoms with Crippen molar-refractivity contribution < 1.29 is 0 Å². The van der Waals surface area contributed by atoms with Gasteiger partial charge in [-0.05, 0) is 138 Å². The summed E-state index contributed by atoms with van der Waals surface area (Å²) in [4.78, 5) is 4.92. The van der Waals surface area contributed by atoms with E-state index in [1.165, 1.54) is 76.5 Å². The molecule has 3 heteroatoms. The van der Waals surface area contributed by atoms with E-state index in [2.05, 4.69) is 193 Å². The molecule has 3 aliphatic carbocycles. The van der Waals surface area contributed by atoms with Gasteiger partial charge in [0.05, 0.1) is 0 Å². The second-order valence-electron chi connectivity index (χ2n) is 16.5. The molecule has 2 fully saturated rings. The molecule has 10 rings (SSSR count). The van der Waals surface area contributed by atoms with E-state index in [0.717, 1.165) is 18.8 Å². The first-order chi connectivity index (χ1) is 26.5. The monoisotopic (exact) mass is 716 g/mol. The van der Waals surface area contributed by atoms with Crippen molar-refractivity contribution in [2.45, 2.75) is 57.0 Å². The zero-order valence-electron chi connectivity index (χ0n) is 31.5. The number of allylic oxidation sites excluding steroid dienone is 4. The number of rotatable bonds is 8. The van der Waals surface area contributed by atoms with E-state index in [1.54, 1.807) is 16.0 Å². The van der Waals surface area contributed by atoms with Gasteiger partial charge < -0.3 is 9.80 Å². The molecule has 266 valence electrons. The molecule has 1 aliphatic heterocycles. The Morgan fingerprint density at radius 2 is 1.09 bits per heavy atom. The molecule has 0 saturated heterocycles. The number of anilines is 6. The predicted octanol–water partition coefficient (Wildman–Crippen LogP) is 13.3. The first kappa shape index (κ1) is 33.2. The topological polar surface area (TPSA) is 6.48 Å². The predicted molar refractivity (Wildman–Crippen MR) is 231 cm³/mol. The lowest BCUT2D eigenvalue weighted by molar-refractivity contribution is 0.320. The van der Waals surface area contributed by atoms with E-state index in [9.17, 15) is 0 Å². The van der Waals surface area contributed by atoms with Gasteiger partial charge in [0.2, 0.25) is 0 Å². The number of hydrogen-bond donors (Lipinski definition) is 0. The van der Waals surface area contributed by atoms with Gasteiger partial charge in [-0.25, -0.2) is 0 Å². The van der Waals surface area contributed by atoms with Gasteiger partial charge in [0.1, 0.15) is 8.07 Å². The number of nitrogens with zero attached hydrogens (tertiary/aromatic N) is 2. The third kappa shape index (κ3) is 5.27. The minimum absolute atomic E-state index is 0.0279. The highest BCUT2D eigenvalue weighted by Gasteiger charge is 2.53. The lowest BCUT2D eigenvalue weighted by atomic mass is 9.64. The molecule has 0 radical (unpaired) electrons. The van der Waals surface area contributed by atoms with Crippen LogP contribution in [0.15, 0.2) is 175 Å². The fourth-order valence-electron chi connectivity index (χ4n) is 10.9. The number of benzene rings is 6. The number of para-hydroxylation sites is 3. The number of hydrogen-bond acceptors (Lipinski definition) is 2. The van der Waals surface area contributed by atoms with E-state index in [4.69, 9.17) is 0 Å². The van der Waals surface area contributed by atoms with Crippen molar-refractivity contribution in [3.8, 4) is 0 Å². The summed E-state index contributed by atoms with van der Waals surface area (Å²) >= 11 is 0. The smallest absolute Gasteiger partial charge is 0.116 e. The Morgan fingerprint density at radius 3 is 1.63 bits per heavy atom. The molecule has 0 aromatic heterocycles. The summed E-state index contributed by atoms with van der Waals surface area (Å²) in [6, 6.07) is 59.0. The maximum absolute atomic E-state index is 2.56. The first-order valence-electron chi connectivity index (χ1n) is 20.0. The van der Waals surface area contributed by atoms with Crippen LogP contribution in [-0.4, -0.2) is 8.07 Å². The van der Waals surface area contributed by atoms with Crippen LogP contribution in [0.5, 0.6) is 0 Å². The van der Waals surface area contributed by atoms with E-state index in [1.807, 2.05) is 0 Å². The Kier molecular flexibility index (Phi) is 8.10. The van der Waals surface area contributed by atoms with Crippen molar-refractivity contribution in [1.29, 1.82) is 0 Å². The molecule has 4 aliphatic rings. The quantitative estimate of drug-likeness (QED) is 0.145. The fourth-order valence-corrected chi connectivity index (χ4v) is 14.5.